The van der Waals surface area contributed by atoms with Crippen LogP contribution < -0.4 is 0 Å². The van der Waals surface area contributed by atoms with E-state index in [4.69, 9.17) is 4.74 Å². The molecule has 0 aromatic carbocycles. The number of hydrogen-bond acceptors (Lipinski definition) is 4. The molecule has 0 atom stereocenters. The summed E-state index contributed by atoms with van der Waals surface area (Å²) in [6.45, 7) is 13.6. The molecule has 0 amide bonds. The maximum Gasteiger partial charge on any atom is 0.302 e. The third-order valence-corrected chi connectivity index (χ3v) is 2.83. The monoisotopic (exact) mass is 247 g/mol. The van der Waals surface area contributed by atoms with Crippen LogP contribution in [-0.2, 0) is 9.53 Å². The van der Waals surface area contributed by atoms with Crippen LogP contribution in [0.1, 0.15) is 48.5 Å². The summed E-state index contributed by atoms with van der Waals surface area (Å²) < 4.78 is 5.01. The van der Waals surface area contributed by atoms with Gasteiger partial charge < -0.3 is 9.84 Å². The minimum absolute atomic E-state index is 0.0625. The van der Waals surface area contributed by atoms with Crippen LogP contribution in [-0.4, -0.2) is 47.3 Å². The summed E-state index contributed by atoms with van der Waals surface area (Å²) in [5, 5.41) is 9.26. The number of esters is 1. The molecule has 0 saturated carbocycles. The molecular formula is C13H29NO3. The molecule has 1 N–H and O–H groups in total. The number of likely N-dealkylation sites (N-methyl/N-ethyl adjacent to an activating group) is 1. The summed E-state index contributed by atoms with van der Waals surface area (Å²) in [5.41, 5.74) is -0.623. The summed E-state index contributed by atoms with van der Waals surface area (Å²) >= 11 is 0. The number of hydrogen-bond donors (Lipinski definition) is 1. The van der Waals surface area contributed by atoms with Crippen LogP contribution >= 0.6 is 0 Å². The molecule has 17 heavy (non-hydrogen) atoms. The second kappa shape index (κ2) is 7.67. The molecule has 0 rings (SSSR count). The van der Waals surface area contributed by atoms with E-state index < -0.39 is 0 Å². The summed E-state index contributed by atoms with van der Waals surface area (Å²) in [6.07, 6.45) is 0. The summed E-state index contributed by atoms with van der Waals surface area (Å²) in [6, 6.07) is 0. The molecule has 4 heteroatoms. The molecule has 0 spiro atoms. The summed E-state index contributed by atoms with van der Waals surface area (Å²) in [4.78, 5) is 12.8. The SMILES string of the molecule is CC.CC(=O)OCC(C)(C)N(C)C(C)(C)CO. The molecule has 0 bridgehead atoms. The zero-order valence-corrected chi connectivity index (χ0v) is 12.6. The largest absolute Gasteiger partial charge is 0.464 e. The second-order valence-electron chi connectivity index (χ2n) is 5.12. The quantitative estimate of drug-likeness (QED) is 0.756. The third-order valence-electron chi connectivity index (χ3n) is 2.83. The van der Waals surface area contributed by atoms with Crippen LogP contribution in [0.4, 0.5) is 0 Å². The molecule has 0 heterocycles. The molecule has 0 saturated heterocycles. The Kier molecular flexibility index (Phi) is 8.45. The zero-order valence-electron chi connectivity index (χ0n) is 12.6. The lowest BCUT2D eigenvalue weighted by molar-refractivity contribution is -0.146. The van der Waals surface area contributed by atoms with Crippen molar-refractivity contribution in [1.29, 1.82) is 0 Å². The van der Waals surface area contributed by atoms with E-state index in [0.717, 1.165) is 0 Å². The van der Waals surface area contributed by atoms with Gasteiger partial charge in [0.05, 0.1) is 6.61 Å². The molecule has 0 aliphatic carbocycles. The number of aliphatic hydroxyl groups excluding tert-OH is 1. The summed E-state index contributed by atoms with van der Waals surface area (Å²) in [7, 11) is 1.92. The molecule has 0 fully saturated rings. The van der Waals surface area contributed by atoms with E-state index in [1.165, 1.54) is 6.92 Å². The number of ether oxygens (including phenoxy) is 1. The molecule has 0 unspecified atom stereocenters. The minimum atomic E-state index is -0.330. The third kappa shape index (κ3) is 6.64. The fourth-order valence-electron chi connectivity index (χ4n) is 1.30. The highest BCUT2D eigenvalue weighted by Gasteiger charge is 2.35. The van der Waals surface area contributed by atoms with Gasteiger partial charge in [0.1, 0.15) is 6.61 Å². The maximum absolute atomic E-state index is 10.7. The molecule has 0 radical (unpaired) electrons. The van der Waals surface area contributed by atoms with Crippen molar-refractivity contribution < 1.29 is 14.6 Å². The first-order valence-electron chi connectivity index (χ1n) is 6.11. The smallest absolute Gasteiger partial charge is 0.302 e. The fraction of sp³-hybridized carbons (Fsp3) is 0.923. The Bertz CT molecular complexity index is 225. The topological polar surface area (TPSA) is 49.8 Å². The van der Waals surface area contributed by atoms with E-state index in [2.05, 4.69) is 0 Å². The highest BCUT2D eigenvalue weighted by Crippen LogP contribution is 2.23. The summed E-state index contributed by atoms with van der Waals surface area (Å²) in [5.74, 6) is -0.279. The lowest BCUT2D eigenvalue weighted by atomic mass is 9.95. The maximum atomic E-state index is 10.7. The lowest BCUT2D eigenvalue weighted by Gasteiger charge is -2.44. The van der Waals surface area contributed by atoms with Crippen molar-refractivity contribution in [3.63, 3.8) is 0 Å². The highest BCUT2D eigenvalue weighted by molar-refractivity contribution is 5.65. The van der Waals surface area contributed by atoms with Crippen LogP contribution in [0.2, 0.25) is 0 Å². The van der Waals surface area contributed by atoms with Gasteiger partial charge >= 0.3 is 5.97 Å². The first-order valence-corrected chi connectivity index (χ1v) is 6.11. The van der Waals surface area contributed by atoms with Gasteiger partial charge in [0.15, 0.2) is 0 Å². The van der Waals surface area contributed by atoms with Crippen molar-refractivity contribution in [2.75, 3.05) is 20.3 Å². The Morgan fingerprint density at radius 1 is 1.18 bits per heavy atom. The van der Waals surface area contributed by atoms with Crippen molar-refractivity contribution in [2.45, 2.75) is 59.5 Å². The van der Waals surface area contributed by atoms with Gasteiger partial charge in [0.25, 0.3) is 0 Å². The van der Waals surface area contributed by atoms with E-state index in [0.29, 0.717) is 6.61 Å². The molecule has 104 valence electrons. The minimum Gasteiger partial charge on any atom is -0.464 e. The van der Waals surface area contributed by atoms with Crippen molar-refractivity contribution in [1.82, 2.24) is 4.90 Å². The van der Waals surface area contributed by atoms with E-state index >= 15 is 0 Å². The van der Waals surface area contributed by atoms with Crippen LogP contribution in [0.5, 0.6) is 0 Å². The Labute approximate surface area is 106 Å². The lowest BCUT2D eigenvalue weighted by Crippen LogP contribution is -2.57. The first-order chi connectivity index (χ1) is 7.63. The van der Waals surface area contributed by atoms with Gasteiger partial charge in [-0.1, -0.05) is 13.8 Å². The fourth-order valence-corrected chi connectivity index (χ4v) is 1.30. The van der Waals surface area contributed by atoms with Crippen molar-refractivity contribution >= 4 is 5.97 Å². The van der Waals surface area contributed by atoms with Crippen molar-refractivity contribution in [3.8, 4) is 0 Å². The molecule has 0 aromatic heterocycles. The molecule has 0 aliphatic heterocycles. The van der Waals surface area contributed by atoms with Crippen LogP contribution in [0.15, 0.2) is 0 Å². The van der Waals surface area contributed by atoms with Gasteiger partial charge in [-0.15, -0.1) is 0 Å². The zero-order chi connectivity index (χ0) is 14.3. The van der Waals surface area contributed by atoms with Crippen molar-refractivity contribution in [3.05, 3.63) is 0 Å². The van der Waals surface area contributed by atoms with E-state index in [1.807, 2.05) is 53.5 Å². The first kappa shape index (κ1) is 18.7. The predicted octanol–water partition coefficient (Wildman–Crippen LogP) is 2.06. The van der Waals surface area contributed by atoms with Crippen LogP contribution in [0.3, 0.4) is 0 Å². The number of aliphatic hydroxyl groups is 1. The van der Waals surface area contributed by atoms with Gasteiger partial charge in [-0.3, -0.25) is 9.69 Å². The molecule has 0 aliphatic rings. The Balaban J connectivity index is 0. The van der Waals surface area contributed by atoms with Crippen molar-refractivity contribution in [2.24, 2.45) is 0 Å². The number of carbonyl (C=O) groups excluding carboxylic acids is 1. The Morgan fingerprint density at radius 2 is 1.59 bits per heavy atom. The number of rotatable bonds is 5. The Hall–Kier alpha value is -0.610. The number of nitrogens with zero attached hydrogens (tertiary/aromatic N) is 1. The van der Waals surface area contributed by atoms with Gasteiger partial charge in [-0.05, 0) is 34.7 Å². The van der Waals surface area contributed by atoms with Crippen LogP contribution in [0.25, 0.3) is 0 Å². The van der Waals surface area contributed by atoms with Gasteiger partial charge in [-0.25, -0.2) is 0 Å². The normalized spacial score (nSPS) is 11.9. The Morgan fingerprint density at radius 3 is 1.88 bits per heavy atom. The average Bonchev–Trinajstić information content (AvgIpc) is 2.28. The number of carbonyl (C=O) groups is 1. The van der Waals surface area contributed by atoms with Crippen LogP contribution in [0, 0.1) is 0 Å². The molecular weight excluding hydrogens is 218 g/mol. The van der Waals surface area contributed by atoms with Gasteiger partial charge in [0, 0.05) is 18.0 Å². The van der Waals surface area contributed by atoms with E-state index in [1.54, 1.807) is 0 Å². The average molecular weight is 247 g/mol. The standard InChI is InChI=1S/C11H23NO3.C2H6/c1-9(14)15-8-11(4,5)12(6)10(2,3)7-13;1-2/h13H,7-8H2,1-6H3;1-2H3. The highest BCUT2D eigenvalue weighted by atomic mass is 16.5. The van der Waals surface area contributed by atoms with E-state index in [9.17, 15) is 9.90 Å². The van der Waals surface area contributed by atoms with Gasteiger partial charge in [0.2, 0.25) is 0 Å². The van der Waals surface area contributed by atoms with Gasteiger partial charge in [-0.2, -0.15) is 0 Å². The molecule has 4 nitrogen and oxygen atoms in total. The predicted molar refractivity (Wildman–Crippen MR) is 71.0 cm³/mol. The molecule has 0 aromatic rings. The second-order valence-corrected chi connectivity index (χ2v) is 5.12. The van der Waals surface area contributed by atoms with E-state index in [-0.39, 0.29) is 23.7 Å².